The van der Waals surface area contributed by atoms with Crippen molar-refractivity contribution in [1.82, 2.24) is 5.32 Å². The maximum atomic E-state index is 12.1. The first kappa shape index (κ1) is 11.7. The van der Waals surface area contributed by atoms with Crippen molar-refractivity contribution in [3.8, 4) is 0 Å². The van der Waals surface area contributed by atoms with E-state index in [4.69, 9.17) is 0 Å². The van der Waals surface area contributed by atoms with Gasteiger partial charge in [-0.2, -0.15) is 0 Å². The third-order valence-electron chi connectivity index (χ3n) is 4.13. The van der Waals surface area contributed by atoms with E-state index in [0.717, 1.165) is 25.2 Å². The van der Waals surface area contributed by atoms with Gasteiger partial charge in [-0.3, -0.25) is 4.79 Å². The fraction of sp³-hybridized carbons (Fsp3) is 0.533. The van der Waals surface area contributed by atoms with Gasteiger partial charge in [0.25, 0.3) is 0 Å². The van der Waals surface area contributed by atoms with Crippen molar-refractivity contribution in [2.24, 2.45) is 5.92 Å². The molecule has 1 aromatic carbocycles. The summed E-state index contributed by atoms with van der Waals surface area (Å²) in [5.41, 5.74) is 3.42. The highest BCUT2D eigenvalue weighted by atomic mass is 16.2. The van der Waals surface area contributed by atoms with Gasteiger partial charge in [-0.25, -0.2) is 0 Å². The molecule has 0 aliphatic carbocycles. The molecule has 18 heavy (non-hydrogen) atoms. The fourth-order valence-corrected chi connectivity index (χ4v) is 3.14. The first-order chi connectivity index (χ1) is 8.74. The molecule has 3 heteroatoms. The van der Waals surface area contributed by atoms with Gasteiger partial charge < -0.3 is 10.6 Å². The minimum Gasteiger partial charge on any atom is -0.325 e. The molecule has 96 valence electrons. The zero-order valence-electron chi connectivity index (χ0n) is 10.8. The third kappa shape index (κ3) is 2.15. The van der Waals surface area contributed by atoms with Crippen LogP contribution in [0.4, 0.5) is 5.69 Å². The van der Waals surface area contributed by atoms with Gasteiger partial charge in [0, 0.05) is 5.69 Å². The number of anilines is 1. The Labute approximate surface area is 108 Å². The fourth-order valence-electron chi connectivity index (χ4n) is 3.14. The number of carbonyl (C=O) groups excluding carboxylic acids is 1. The lowest BCUT2D eigenvalue weighted by atomic mass is 9.86. The van der Waals surface area contributed by atoms with E-state index >= 15 is 0 Å². The number of nitrogens with one attached hydrogen (secondary N) is 2. The van der Waals surface area contributed by atoms with Crippen molar-refractivity contribution in [3.05, 3.63) is 29.3 Å². The van der Waals surface area contributed by atoms with Gasteiger partial charge in [0.05, 0.1) is 5.92 Å². The summed E-state index contributed by atoms with van der Waals surface area (Å²) in [4.78, 5) is 12.1. The van der Waals surface area contributed by atoms with Gasteiger partial charge in [0.2, 0.25) is 5.91 Å². The normalized spacial score (nSPS) is 26.8. The molecule has 0 aromatic heterocycles. The summed E-state index contributed by atoms with van der Waals surface area (Å²) in [5.74, 6) is 0.883. The second-order valence-corrected chi connectivity index (χ2v) is 5.58. The molecule has 0 bridgehead atoms. The molecular formula is C15H20N2O. The molecule has 2 unspecified atom stereocenters. The summed E-state index contributed by atoms with van der Waals surface area (Å²) in [6.45, 7) is 4.25. The second-order valence-electron chi connectivity index (χ2n) is 5.58. The predicted molar refractivity (Wildman–Crippen MR) is 72.8 cm³/mol. The molecule has 3 rings (SSSR count). The molecule has 2 aliphatic heterocycles. The molecule has 2 N–H and O–H groups in total. The van der Waals surface area contributed by atoms with Crippen LogP contribution in [0, 0.1) is 12.8 Å². The zero-order chi connectivity index (χ0) is 12.5. The maximum Gasteiger partial charge on any atom is 0.232 e. The minimum atomic E-state index is 0.0606. The number of fused-ring (bicyclic) bond motifs is 1. The molecule has 1 saturated heterocycles. The number of amides is 1. The summed E-state index contributed by atoms with van der Waals surface area (Å²) in [7, 11) is 0. The Hall–Kier alpha value is -1.35. The topological polar surface area (TPSA) is 41.1 Å². The summed E-state index contributed by atoms with van der Waals surface area (Å²) < 4.78 is 0. The number of piperidine rings is 1. The molecule has 2 atom stereocenters. The van der Waals surface area contributed by atoms with Crippen molar-refractivity contribution in [3.63, 3.8) is 0 Å². The lowest BCUT2D eigenvalue weighted by Crippen LogP contribution is -2.31. The van der Waals surface area contributed by atoms with Crippen molar-refractivity contribution < 1.29 is 4.79 Å². The standard InChI is InChI=1S/C15H20N2O/c1-10-4-5-12-13(15(18)17-14(12)7-10)8-11-3-2-6-16-9-11/h4-5,7,11,13,16H,2-3,6,8-9H2,1H3,(H,17,18). The first-order valence-electron chi connectivity index (χ1n) is 6.86. The number of rotatable bonds is 2. The molecule has 1 amide bonds. The highest BCUT2D eigenvalue weighted by molar-refractivity contribution is 6.02. The smallest absolute Gasteiger partial charge is 0.232 e. The Morgan fingerprint density at radius 3 is 3.06 bits per heavy atom. The first-order valence-corrected chi connectivity index (χ1v) is 6.86. The Balaban J connectivity index is 1.78. The van der Waals surface area contributed by atoms with E-state index in [1.807, 2.05) is 0 Å². The van der Waals surface area contributed by atoms with Crippen LogP contribution in [0.3, 0.4) is 0 Å². The van der Waals surface area contributed by atoms with Gasteiger partial charge in [0.1, 0.15) is 0 Å². The van der Waals surface area contributed by atoms with Crippen LogP contribution in [0.25, 0.3) is 0 Å². The van der Waals surface area contributed by atoms with E-state index in [1.165, 1.54) is 24.0 Å². The lowest BCUT2D eigenvalue weighted by molar-refractivity contribution is -0.117. The van der Waals surface area contributed by atoms with Crippen LogP contribution in [-0.4, -0.2) is 19.0 Å². The molecular weight excluding hydrogens is 224 g/mol. The Kier molecular flexibility index (Phi) is 3.08. The van der Waals surface area contributed by atoms with Crippen LogP contribution in [0.2, 0.25) is 0 Å². The van der Waals surface area contributed by atoms with Crippen LogP contribution in [0.5, 0.6) is 0 Å². The largest absolute Gasteiger partial charge is 0.325 e. The summed E-state index contributed by atoms with van der Waals surface area (Å²) in [6, 6.07) is 6.29. The molecule has 1 aromatic rings. The Bertz CT molecular complexity index is 464. The van der Waals surface area contributed by atoms with Crippen LogP contribution >= 0.6 is 0 Å². The molecule has 0 radical (unpaired) electrons. The second kappa shape index (κ2) is 4.73. The van der Waals surface area contributed by atoms with E-state index in [9.17, 15) is 4.79 Å². The van der Waals surface area contributed by atoms with Crippen LogP contribution < -0.4 is 10.6 Å². The summed E-state index contributed by atoms with van der Waals surface area (Å²) in [5, 5.41) is 6.44. The van der Waals surface area contributed by atoms with Crippen LogP contribution in [-0.2, 0) is 4.79 Å². The van der Waals surface area contributed by atoms with Crippen molar-refractivity contribution in [2.75, 3.05) is 18.4 Å². The van der Waals surface area contributed by atoms with E-state index < -0.39 is 0 Å². The number of aryl methyl sites for hydroxylation is 1. The van der Waals surface area contributed by atoms with Gasteiger partial charge in [-0.1, -0.05) is 12.1 Å². The molecule has 0 spiro atoms. The number of benzene rings is 1. The van der Waals surface area contributed by atoms with E-state index in [0.29, 0.717) is 5.92 Å². The number of carbonyl (C=O) groups is 1. The van der Waals surface area contributed by atoms with Crippen molar-refractivity contribution in [2.45, 2.75) is 32.1 Å². The van der Waals surface area contributed by atoms with Gasteiger partial charge in [0.15, 0.2) is 0 Å². The number of hydrogen-bond donors (Lipinski definition) is 2. The highest BCUT2D eigenvalue weighted by Crippen LogP contribution is 2.37. The Morgan fingerprint density at radius 2 is 2.28 bits per heavy atom. The van der Waals surface area contributed by atoms with Gasteiger partial charge in [-0.05, 0) is 62.4 Å². The SMILES string of the molecule is Cc1ccc2c(c1)NC(=O)C2CC1CCCNC1. The average Bonchev–Trinajstić information content (AvgIpc) is 2.66. The zero-order valence-corrected chi connectivity index (χ0v) is 10.8. The molecule has 2 heterocycles. The average molecular weight is 244 g/mol. The molecule has 3 nitrogen and oxygen atoms in total. The predicted octanol–water partition coefficient (Wildman–Crippen LogP) is 2.42. The molecule has 2 aliphatic rings. The van der Waals surface area contributed by atoms with Gasteiger partial charge in [-0.15, -0.1) is 0 Å². The minimum absolute atomic E-state index is 0.0606. The Morgan fingerprint density at radius 1 is 1.39 bits per heavy atom. The van der Waals surface area contributed by atoms with E-state index in [1.54, 1.807) is 0 Å². The monoisotopic (exact) mass is 244 g/mol. The van der Waals surface area contributed by atoms with E-state index in [2.05, 4.69) is 35.8 Å². The van der Waals surface area contributed by atoms with E-state index in [-0.39, 0.29) is 11.8 Å². The third-order valence-corrected chi connectivity index (χ3v) is 4.13. The number of hydrogen-bond acceptors (Lipinski definition) is 2. The molecule has 0 saturated carbocycles. The highest BCUT2D eigenvalue weighted by Gasteiger charge is 2.32. The molecule has 1 fully saturated rings. The van der Waals surface area contributed by atoms with Crippen LogP contribution in [0.1, 0.15) is 36.3 Å². The summed E-state index contributed by atoms with van der Waals surface area (Å²) in [6.07, 6.45) is 3.46. The van der Waals surface area contributed by atoms with Crippen LogP contribution in [0.15, 0.2) is 18.2 Å². The summed E-state index contributed by atoms with van der Waals surface area (Å²) >= 11 is 0. The maximum absolute atomic E-state index is 12.1. The van der Waals surface area contributed by atoms with Crippen molar-refractivity contribution >= 4 is 11.6 Å². The van der Waals surface area contributed by atoms with Gasteiger partial charge >= 0.3 is 0 Å². The lowest BCUT2D eigenvalue weighted by Gasteiger charge is -2.24. The quantitative estimate of drug-likeness (QED) is 0.839. The van der Waals surface area contributed by atoms with Crippen molar-refractivity contribution in [1.29, 1.82) is 0 Å².